The Morgan fingerprint density at radius 1 is 1.38 bits per heavy atom. The van der Waals surface area contributed by atoms with Crippen LogP contribution in [-0.2, 0) is 9.47 Å². The molecule has 0 amide bonds. The van der Waals surface area contributed by atoms with Gasteiger partial charge in [-0.2, -0.15) is 0 Å². The van der Waals surface area contributed by atoms with Gasteiger partial charge >= 0.3 is 0 Å². The first-order valence-corrected chi connectivity index (χ1v) is 4.34. The van der Waals surface area contributed by atoms with Crippen LogP contribution in [0.15, 0.2) is 0 Å². The number of halogens is 1. The maximum absolute atomic E-state index is 9.40. The van der Waals surface area contributed by atoms with E-state index in [1.807, 2.05) is 0 Å². The van der Waals surface area contributed by atoms with Crippen LogP contribution in [0, 0.1) is 0 Å². The van der Waals surface area contributed by atoms with Gasteiger partial charge in [-0.3, -0.25) is 0 Å². The molecule has 5 atom stereocenters. The molecule has 0 unspecified atom stereocenters. The molecule has 3 N–H and O–H groups in total. The van der Waals surface area contributed by atoms with E-state index in [0.29, 0.717) is 0 Å². The molecule has 1 aliphatic rings. The molecule has 0 bridgehead atoms. The molecule has 0 aromatic rings. The number of hydrogen-bond donors (Lipinski definition) is 3. The van der Waals surface area contributed by atoms with Gasteiger partial charge in [-0.05, 0) is 0 Å². The highest BCUT2D eigenvalue weighted by Crippen LogP contribution is 2.25. The van der Waals surface area contributed by atoms with Crippen molar-refractivity contribution in [3.8, 4) is 0 Å². The van der Waals surface area contributed by atoms with Crippen LogP contribution < -0.4 is 0 Å². The van der Waals surface area contributed by atoms with Gasteiger partial charge in [-0.15, -0.1) is 11.6 Å². The van der Waals surface area contributed by atoms with Crippen molar-refractivity contribution in [2.45, 2.75) is 30.0 Å². The quantitative estimate of drug-likeness (QED) is 0.495. The van der Waals surface area contributed by atoms with Crippen LogP contribution in [0.3, 0.4) is 0 Å². The molecule has 0 aliphatic carbocycles. The molecule has 0 aromatic carbocycles. The molecule has 1 rings (SSSR count). The minimum Gasteiger partial charge on any atom is -0.394 e. The van der Waals surface area contributed by atoms with Gasteiger partial charge in [-0.1, -0.05) is 0 Å². The van der Waals surface area contributed by atoms with Crippen LogP contribution in [0.2, 0.25) is 0 Å². The molecule has 5 nitrogen and oxygen atoms in total. The summed E-state index contributed by atoms with van der Waals surface area (Å²) in [6.45, 7) is -0.322. The van der Waals surface area contributed by atoms with Gasteiger partial charge in [0.25, 0.3) is 0 Å². The zero-order valence-electron chi connectivity index (χ0n) is 7.13. The average molecular weight is 213 g/mol. The van der Waals surface area contributed by atoms with Crippen molar-refractivity contribution in [2.75, 3.05) is 13.7 Å². The normalized spacial score (nSPS) is 46.4. The summed E-state index contributed by atoms with van der Waals surface area (Å²) in [4.78, 5) is 0. The fraction of sp³-hybridized carbons (Fsp3) is 1.00. The third-order valence-electron chi connectivity index (χ3n) is 2.03. The smallest absolute Gasteiger partial charge is 0.186 e. The molecule has 0 aromatic heterocycles. The molecule has 0 radical (unpaired) electrons. The lowest BCUT2D eigenvalue weighted by atomic mass is 10.0. The maximum atomic E-state index is 9.40. The van der Waals surface area contributed by atoms with E-state index in [4.69, 9.17) is 26.2 Å². The molecule has 1 aliphatic heterocycles. The second-order valence-electron chi connectivity index (χ2n) is 2.89. The summed E-state index contributed by atoms with van der Waals surface area (Å²) in [5.74, 6) is 0. The fourth-order valence-corrected chi connectivity index (χ4v) is 1.52. The molecule has 78 valence electrons. The van der Waals surface area contributed by atoms with Gasteiger partial charge in [0.05, 0.1) is 12.0 Å². The van der Waals surface area contributed by atoms with E-state index in [2.05, 4.69) is 0 Å². The number of aliphatic hydroxyl groups excluding tert-OH is 3. The Morgan fingerprint density at radius 3 is 2.46 bits per heavy atom. The van der Waals surface area contributed by atoms with Crippen molar-refractivity contribution >= 4 is 11.6 Å². The number of alkyl halides is 1. The van der Waals surface area contributed by atoms with Crippen LogP contribution in [0.25, 0.3) is 0 Å². The standard InChI is InChI=1S/C7H13ClO5/c1-12-7-6(11)5(10)4(8)3(2-9)13-7/h3-7,9-11H,2H2,1H3/t3-,4-,5+,6-,7+/m1/s1. The van der Waals surface area contributed by atoms with E-state index < -0.39 is 30.0 Å². The largest absolute Gasteiger partial charge is 0.394 e. The van der Waals surface area contributed by atoms with Crippen LogP contribution in [0.1, 0.15) is 0 Å². The Kier molecular flexibility index (Phi) is 3.90. The Balaban J connectivity index is 2.66. The molecule has 0 saturated carbocycles. The summed E-state index contributed by atoms with van der Waals surface area (Å²) < 4.78 is 9.82. The summed E-state index contributed by atoms with van der Waals surface area (Å²) in [5, 5.41) is 26.7. The van der Waals surface area contributed by atoms with Crippen LogP contribution in [0.4, 0.5) is 0 Å². The minimum absolute atomic E-state index is 0.322. The van der Waals surface area contributed by atoms with E-state index >= 15 is 0 Å². The molecule has 1 saturated heterocycles. The highest BCUT2D eigenvalue weighted by Gasteiger charge is 2.43. The van der Waals surface area contributed by atoms with Crippen molar-refractivity contribution in [1.82, 2.24) is 0 Å². The zero-order chi connectivity index (χ0) is 10.0. The summed E-state index contributed by atoms with van der Waals surface area (Å²) in [5.41, 5.74) is 0. The lowest BCUT2D eigenvalue weighted by molar-refractivity contribution is -0.260. The van der Waals surface area contributed by atoms with Gasteiger partial charge in [0.15, 0.2) is 6.29 Å². The van der Waals surface area contributed by atoms with Crippen molar-refractivity contribution in [2.24, 2.45) is 0 Å². The lowest BCUT2D eigenvalue weighted by Crippen LogP contribution is -2.56. The number of methoxy groups -OCH3 is 1. The minimum atomic E-state index is -1.18. The molecule has 1 fully saturated rings. The van der Waals surface area contributed by atoms with Crippen LogP contribution >= 0.6 is 11.6 Å². The Hall–Kier alpha value is 0.0900. The number of aliphatic hydroxyl groups is 3. The third kappa shape index (κ3) is 2.12. The molecular formula is C7H13ClO5. The van der Waals surface area contributed by atoms with Crippen molar-refractivity contribution in [1.29, 1.82) is 0 Å². The number of rotatable bonds is 2. The van der Waals surface area contributed by atoms with Gasteiger partial charge in [-0.25, -0.2) is 0 Å². The van der Waals surface area contributed by atoms with E-state index in [1.54, 1.807) is 0 Å². The van der Waals surface area contributed by atoms with Gasteiger partial charge in [0, 0.05) is 7.11 Å². The molecule has 13 heavy (non-hydrogen) atoms. The monoisotopic (exact) mass is 212 g/mol. The van der Waals surface area contributed by atoms with Crippen molar-refractivity contribution in [3.05, 3.63) is 0 Å². The zero-order valence-corrected chi connectivity index (χ0v) is 7.89. The fourth-order valence-electron chi connectivity index (χ4n) is 1.24. The SMILES string of the molecule is CO[C@H]1O[C@H](CO)[C@@H](Cl)[C@H](O)[C@H]1O. The second kappa shape index (κ2) is 4.54. The van der Waals surface area contributed by atoms with Gasteiger partial charge in [0.2, 0.25) is 0 Å². The number of ether oxygens (including phenoxy) is 2. The first-order valence-electron chi connectivity index (χ1n) is 3.91. The number of hydrogen-bond acceptors (Lipinski definition) is 5. The maximum Gasteiger partial charge on any atom is 0.186 e. The van der Waals surface area contributed by atoms with Crippen molar-refractivity contribution < 1.29 is 24.8 Å². The highest BCUT2D eigenvalue weighted by atomic mass is 35.5. The van der Waals surface area contributed by atoms with E-state index in [-0.39, 0.29) is 6.61 Å². The highest BCUT2D eigenvalue weighted by molar-refractivity contribution is 6.21. The first kappa shape index (κ1) is 11.2. The summed E-state index contributed by atoms with van der Waals surface area (Å²) in [6.07, 6.45) is -4.00. The average Bonchev–Trinajstić information content (AvgIpc) is 2.15. The lowest BCUT2D eigenvalue weighted by Gasteiger charge is -2.38. The Bertz CT molecular complexity index is 147. The van der Waals surface area contributed by atoms with Crippen LogP contribution in [0.5, 0.6) is 0 Å². The predicted molar refractivity (Wildman–Crippen MR) is 44.4 cm³/mol. The first-order chi connectivity index (χ1) is 6.11. The molecule has 0 spiro atoms. The summed E-state index contributed by atoms with van der Waals surface area (Å²) >= 11 is 5.70. The second-order valence-corrected chi connectivity index (χ2v) is 3.39. The Labute approximate surface area is 80.8 Å². The van der Waals surface area contributed by atoms with E-state index in [0.717, 1.165) is 0 Å². The van der Waals surface area contributed by atoms with Crippen LogP contribution in [-0.4, -0.2) is 59.0 Å². The Morgan fingerprint density at radius 2 is 2.00 bits per heavy atom. The predicted octanol–water partition coefficient (Wildman–Crippen LogP) is -1.32. The van der Waals surface area contributed by atoms with Gasteiger partial charge in [0.1, 0.15) is 18.3 Å². The topological polar surface area (TPSA) is 79.2 Å². The van der Waals surface area contributed by atoms with E-state index in [1.165, 1.54) is 7.11 Å². The summed E-state index contributed by atoms with van der Waals surface area (Å²) in [6, 6.07) is 0. The molecule has 6 heteroatoms. The van der Waals surface area contributed by atoms with Crippen molar-refractivity contribution in [3.63, 3.8) is 0 Å². The molecule has 1 heterocycles. The molecular weight excluding hydrogens is 200 g/mol. The summed E-state index contributed by atoms with van der Waals surface area (Å²) in [7, 11) is 1.34. The third-order valence-corrected chi connectivity index (χ3v) is 2.57. The van der Waals surface area contributed by atoms with Gasteiger partial charge < -0.3 is 24.8 Å². The van der Waals surface area contributed by atoms with E-state index in [9.17, 15) is 10.2 Å².